The SMILES string of the molecule is CO[C@H](C)C[C@@H]1CC/C=C\[C@H](O)[C@@H]2CC[C@H]2CN2C[C@@]3(CCCc4cc(Cl)ccc43)COc3ccc(cc32)C(=O)NS1(=O)=O. The van der Waals surface area contributed by atoms with Gasteiger partial charge in [0.2, 0.25) is 10.0 Å². The number of methoxy groups -OCH3 is 1. The Morgan fingerprint density at radius 2 is 2.05 bits per heavy atom. The van der Waals surface area contributed by atoms with Crippen molar-refractivity contribution >= 4 is 33.2 Å². The average Bonchev–Trinajstić information content (AvgIpc) is 3.12. The summed E-state index contributed by atoms with van der Waals surface area (Å²) in [6, 6.07) is 11.4. The number of ether oxygens (including phenoxy) is 2. The Hall–Kier alpha value is -2.59. The van der Waals surface area contributed by atoms with Crippen LogP contribution in [0.4, 0.5) is 5.69 Å². The second-order valence-electron chi connectivity index (χ2n) is 13.2. The summed E-state index contributed by atoms with van der Waals surface area (Å²) in [6.45, 7) is 3.70. The smallest absolute Gasteiger partial charge is 0.264 e. The third-order valence-corrected chi connectivity index (χ3v) is 12.3. The molecule has 2 aromatic rings. The Morgan fingerprint density at radius 1 is 1.20 bits per heavy atom. The van der Waals surface area contributed by atoms with E-state index in [-0.39, 0.29) is 35.3 Å². The van der Waals surface area contributed by atoms with E-state index in [1.54, 1.807) is 25.3 Å². The number of rotatable bonds is 3. The van der Waals surface area contributed by atoms with Crippen LogP contribution in [0.3, 0.4) is 0 Å². The van der Waals surface area contributed by atoms with Crippen LogP contribution in [0.5, 0.6) is 5.75 Å². The molecule has 2 heterocycles. The van der Waals surface area contributed by atoms with Gasteiger partial charge < -0.3 is 19.5 Å². The number of anilines is 1. The van der Waals surface area contributed by atoms with Gasteiger partial charge in [-0.3, -0.25) is 4.79 Å². The summed E-state index contributed by atoms with van der Waals surface area (Å²) in [7, 11) is -2.46. The number of aryl methyl sites for hydroxylation is 1. The summed E-state index contributed by atoms with van der Waals surface area (Å²) >= 11 is 6.40. The third kappa shape index (κ3) is 6.26. The number of carbonyl (C=O) groups is 1. The molecule has 2 aromatic carbocycles. The number of nitrogens with one attached hydrogen (secondary N) is 1. The first-order valence-corrected chi connectivity index (χ1v) is 17.8. The molecule has 8 nitrogen and oxygen atoms in total. The van der Waals surface area contributed by atoms with Gasteiger partial charge >= 0.3 is 0 Å². The summed E-state index contributed by atoms with van der Waals surface area (Å²) < 4.78 is 41.3. The average molecular weight is 643 g/mol. The van der Waals surface area contributed by atoms with Crippen molar-refractivity contribution in [1.29, 1.82) is 0 Å². The number of hydrogen-bond acceptors (Lipinski definition) is 7. The van der Waals surface area contributed by atoms with Gasteiger partial charge in [-0.05, 0) is 112 Å². The van der Waals surface area contributed by atoms with E-state index in [1.165, 1.54) is 11.1 Å². The van der Waals surface area contributed by atoms with Gasteiger partial charge in [0.15, 0.2) is 0 Å². The fourth-order valence-corrected chi connectivity index (χ4v) is 9.32. The number of benzene rings is 2. The Morgan fingerprint density at radius 3 is 2.82 bits per heavy atom. The molecule has 1 amide bonds. The summed E-state index contributed by atoms with van der Waals surface area (Å²) in [5, 5.41) is 11.1. The van der Waals surface area contributed by atoms with Gasteiger partial charge in [-0.2, -0.15) is 0 Å². The Bertz CT molecular complexity index is 1530. The Kier molecular flexibility index (Phi) is 9.03. The summed E-state index contributed by atoms with van der Waals surface area (Å²) in [5.41, 5.74) is 3.27. The number of sulfonamides is 1. The van der Waals surface area contributed by atoms with Crippen LogP contribution in [-0.2, 0) is 26.6 Å². The summed E-state index contributed by atoms with van der Waals surface area (Å²) in [6.07, 6.45) is 8.73. The normalized spacial score (nSPS) is 31.4. The summed E-state index contributed by atoms with van der Waals surface area (Å²) in [4.78, 5) is 15.8. The van der Waals surface area contributed by atoms with E-state index in [9.17, 15) is 18.3 Å². The standard InChI is InChI=1S/C34H43ClN2O6S/c1-22(42-2)16-27-7-3-4-8-31(38)28-12-9-25(28)19-37-20-34(15-5-6-23-17-26(35)11-13-29(23)34)21-43-32-14-10-24(18-30(32)37)33(39)36-44(27,40)41/h4,8,10-11,13-14,17-18,22,25,27-28,31,38H,3,5-7,9,12,15-16,19-21H2,1-2H3,(H,36,39)/b8-4-/t22-,25+,27+,28-,31+,34+/m1/s1. The number of aliphatic hydroxyl groups is 1. The van der Waals surface area contributed by atoms with Crippen molar-refractivity contribution in [2.24, 2.45) is 11.8 Å². The molecular formula is C34H43ClN2O6S. The topological polar surface area (TPSA) is 105 Å². The number of allylic oxidation sites excluding steroid dienone is 1. The van der Waals surface area contributed by atoms with Crippen LogP contribution < -0.4 is 14.4 Å². The van der Waals surface area contributed by atoms with Crippen molar-refractivity contribution in [3.63, 3.8) is 0 Å². The molecule has 2 aliphatic heterocycles. The molecule has 6 atom stereocenters. The van der Waals surface area contributed by atoms with Gasteiger partial charge in [0.05, 0.1) is 29.8 Å². The molecule has 6 rings (SSSR count). The van der Waals surface area contributed by atoms with E-state index in [0.29, 0.717) is 38.3 Å². The molecule has 2 bridgehead atoms. The monoisotopic (exact) mass is 642 g/mol. The Labute approximate surface area is 265 Å². The van der Waals surface area contributed by atoms with Crippen LogP contribution >= 0.6 is 11.6 Å². The van der Waals surface area contributed by atoms with Gasteiger partial charge in [0.1, 0.15) is 5.75 Å². The molecule has 0 radical (unpaired) electrons. The highest BCUT2D eigenvalue weighted by Crippen LogP contribution is 2.46. The van der Waals surface area contributed by atoms with Crippen LogP contribution in [0.25, 0.3) is 0 Å². The second kappa shape index (κ2) is 12.7. The van der Waals surface area contributed by atoms with Crippen LogP contribution in [0.15, 0.2) is 48.6 Å². The fraction of sp³-hybridized carbons (Fsp3) is 0.559. The van der Waals surface area contributed by atoms with Crippen LogP contribution in [0.2, 0.25) is 5.02 Å². The van der Waals surface area contributed by atoms with Crippen molar-refractivity contribution in [2.45, 2.75) is 81.2 Å². The molecule has 0 saturated heterocycles. The molecule has 1 fully saturated rings. The Balaban J connectivity index is 1.40. The van der Waals surface area contributed by atoms with Crippen LogP contribution in [0, 0.1) is 11.8 Å². The zero-order valence-corrected chi connectivity index (χ0v) is 27.1. The quantitative estimate of drug-likeness (QED) is 0.432. The molecule has 4 aliphatic rings. The zero-order chi connectivity index (χ0) is 31.1. The van der Waals surface area contributed by atoms with Crippen molar-refractivity contribution < 1.29 is 27.8 Å². The van der Waals surface area contributed by atoms with Crippen molar-refractivity contribution in [3.05, 3.63) is 70.3 Å². The van der Waals surface area contributed by atoms with Crippen molar-refractivity contribution in [2.75, 3.05) is 31.7 Å². The first-order chi connectivity index (χ1) is 21.1. The lowest BCUT2D eigenvalue weighted by molar-refractivity contribution is 0.0456. The highest BCUT2D eigenvalue weighted by Gasteiger charge is 2.44. The van der Waals surface area contributed by atoms with E-state index in [2.05, 4.69) is 21.8 Å². The van der Waals surface area contributed by atoms with Crippen molar-refractivity contribution in [3.8, 4) is 5.75 Å². The number of fused-ring (bicyclic) bond motifs is 4. The molecule has 238 valence electrons. The molecule has 0 unspecified atom stereocenters. The van der Waals surface area contributed by atoms with E-state index < -0.39 is 27.3 Å². The highest BCUT2D eigenvalue weighted by atomic mass is 35.5. The molecule has 0 aromatic heterocycles. The number of hydrogen-bond donors (Lipinski definition) is 2. The lowest BCUT2D eigenvalue weighted by Crippen LogP contribution is -2.49. The van der Waals surface area contributed by atoms with Gasteiger partial charge in [-0.1, -0.05) is 29.8 Å². The van der Waals surface area contributed by atoms with Crippen LogP contribution in [-0.4, -0.2) is 63.7 Å². The largest absolute Gasteiger partial charge is 0.490 e. The number of halogens is 1. The van der Waals surface area contributed by atoms with Gasteiger partial charge in [-0.25, -0.2) is 13.1 Å². The third-order valence-electron chi connectivity index (χ3n) is 10.3. The predicted molar refractivity (Wildman–Crippen MR) is 172 cm³/mol. The van der Waals surface area contributed by atoms with Crippen LogP contribution in [0.1, 0.15) is 73.4 Å². The molecular weight excluding hydrogens is 600 g/mol. The predicted octanol–water partition coefficient (Wildman–Crippen LogP) is 5.40. The minimum Gasteiger partial charge on any atom is -0.490 e. The fourth-order valence-electron chi connectivity index (χ4n) is 7.61. The number of aliphatic hydroxyl groups excluding tert-OH is 1. The zero-order valence-electron chi connectivity index (χ0n) is 25.5. The maximum Gasteiger partial charge on any atom is 0.264 e. The minimum atomic E-state index is -4.01. The molecule has 44 heavy (non-hydrogen) atoms. The number of amides is 1. The van der Waals surface area contributed by atoms with Crippen molar-refractivity contribution in [1.82, 2.24) is 4.72 Å². The van der Waals surface area contributed by atoms with E-state index in [1.807, 2.05) is 25.1 Å². The highest BCUT2D eigenvalue weighted by molar-refractivity contribution is 7.90. The maximum atomic E-state index is 13.5. The molecule has 2 aliphatic carbocycles. The van der Waals surface area contributed by atoms with E-state index in [4.69, 9.17) is 21.1 Å². The lowest BCUT2D eigenvalue weighted by Gasteiger charge is -2.45. The lowest BCUT2D eigenvalue weighted by atomic mass is 9.68. The second-order valence-corrected chi connectivity index (χ2v) is 15.6. The van der Waals surface area contributed by atoms with Gasteiger partial charge in [-0.15, -0.1) is 0 Å². The molecule has 1 spiro atoms. The minimum absolute atomic E-state index is 0.111. The molecule has 10 heteroatoms. The molecule has 1 saturated carbocycles. The summed E-state index contributed by atoms with van der Waals surface area (Å²) in [5.74, 6) is 0.400. The first-order valence-electron chi connectivity index (χ1n) is 15.8. The van der Waals surface area contributed by atoms with Gasteiger partial charge in [0.25, 0.3) is 5.91 Å². The number of nitrogens with zero attached hydrogens (tertiary/aromatic N) is 1. The number of carbonyl (C=O) groups excluding carboxylic acids is 1. The van der Waals surface area contributed by atoms with E-state index >= 15 is 0 Å². The van der Waals surface area contributed by atoms with Gasteiger partial charge in [0, 0.05) is 36.2 Å². The van der Waals surface area contributed by atoms with E-state index in [0.717, 1.165) is 42.8 Å². The molecule has 2 N–H and O–H groups in total. The first kappa shape index (κ1) is 31.4. The maximum absolute atomic E-state index is 13.5.